The number of carbonyl (C=O) groups is 1. The molecular formula is C27H29ClNO2P. The first kappa shape index (κ1) is 23.0. The molecule has 0 spiro atoms. The zero-order valence-electron chi connectivity index (χ0n) is 18.3. The molecule has 0 amide bonds. The van der Waals surface area contributed by atoms with Crippen LogP contribution in [-0.2, 0) is 20.3 Å². The number of benzene rings is 3. The number of halogens is 1. The van der Waals surface area contributed by atoms with E-state index in [2.05, 4.69) is 40.4 Å². The zero-order valence-corrected chi connectivity index (χ0v) is 20.2. The number of hydrogen-bond donors (Lipinski definition) is 1. The van der Waals surface area contributed by atoms with E-state index in [0.29, 0.717) is 16.5 Å². The summed E-state index contributed by atoms with van der Waals surface area (Å²) in [6, 6.07) is 25.7. The lowest BCUT2D eigenvalue weighted by Crippen LogP contribution is -2.37. The van der Waals surface area contributed by atoms with Crippen LogP contribution in [0.4, 0.5) is 0 Å². The van der Waals surface area contributed by atoms with Gasteiger partial charge >= 0.3 is 5.97 Å². The summed E-state index contributed by atoms with van der Waals surface area (Å²) in [5.41, 5.74) is 8.11. The Balaban J connectivity index is 1.93. The third kappa shape index (κ3) is 3.99. The van der Waals surface area contributed by atoms with E-state index in [1.54, 1.807) is 0 Å². The van der Waals surface area contributed by atoms with E-state index in [1.165, 1.54) is 18.4 Å². The number of hydrogen-bond acceptors (Lipinski definition) is 3. The van der Waals surface area contributed by atoms with Gasteiger partial charge < -0.3 is 10.5 Å². The minimum atomic E-state index is -1.20. The summed E-state index contributed by atoms with van der Waals surface area (Å²) < 4.78 is 6.18. The van der Waals surface area contributed by atoms with Crippen LogP contribution in [0.1, 0.15) is 48.4 Å². The fourth-order valence-electron chi connectivity index (χ4n) is 4.93. The highest BCUT2D eigenvalue weighted by molar-refractivity contribution is 7.18. The van der Waals surface area contributed by atoms with Gasteiger partial charge in [-0.25, -0.2) is 0 Å². The molecule has 1 saturated carbocycles. The van der Waals surface area contributed by atoms with E-state index in [4.69, 9.17) is 22.1 Å². The van der Waals surface area contributed by atoms with Gasteiger partial charge in [-0.3, -0.25) is 4.79 Å². The van der Waals surface area contributed by atoms with Crippen LogP contribution in [0.2, 0.25) is 5.02 Å². The maximum absolute atomic E-state index is 12.6. The van der Waals surface area contributed by atoms with Crippen molar-refractivity contribution in [1.82, 2.24) is 0 Å². The molecule has 4 atom stereocenters. The van der Waals surface area contributed by atoms with E-state index < -0.39 is 11.6 Å². The maximum atomic E-state index is 12.6. The third-order valence-corrected chi connectivity index (χ3v) is 8.32. The highest BCUT2D eigenvalue weighted by Crippen LogP contribution is 2.51. The minimum absolute atomic E-state index is 0.0757. The molecule has 4 rings (SSSR count). The molecule has 166 valence electrons. The van der Waals surface area contributed by atoms with Crippen molar-refractivity contribution in [3.8, 4) is 0 Å². The molecule has 1 fully saturated rings. The first-order valence-electron chi connectivity index (χ1n) is 11.0. The van der Waals surface area contributed by atoms with Crippen LogP contribution in [0.15, 0.2) is 78.9 Å². The summed E-state index contributed by atoms with van der Waals surface area (Å²) in [5.74, 6) is 0.0978. The molecule has 0 bridgehead atoms. The topological polar surface area (TPSA) is 52.3 Å². The molecule has 0 aromatic heterocycles. The Hall–Kier alpha value is -2.19. The number of carbonyl (C=O) groups excluding carboxylic acids is 1. The van der Waals surface area contributed by atoms with E-state index in [1.807, 2.05) is 54.6 Å². The highest BCUT2D eigenvalue weighted by atomic mass is 35.5. The van der Waals surface area contributed by atoms with Crippen molar-refractivity contribution in [2.75, 3.05) is 6.54 Å². The first-order chi connectivity index (χ1) is 15.4. The van der Waals surface area contributed by atoms with Crippen molar-refractivity contribution in [2.24, 2.45) is 11.7 Å². The van der Waals surface area contributed by atoms with Gasteiger partial charge in [0.2, 0.25) is 0 Å². The van der Waals surface area contributed by atoms with Gasteiger partial charge in [-0.2, -0.15) is 0 Å². The second-order valence-electron chi connectivity index (χ2n) is 8.62. The Labute approximate surface area is 197 Å². The maximum Gasteiger partial charge on any atom is 0.321 e. The Morgan fingerprint density at radius 3 is 2.28 bits per heavy atom. The summed E-state index contributed by atoms with van der Waals surface area (Å²) in [4.78, 5) is 12.6. The minimum Gasteiger partial charge on any atom is -0.443 e. The fourth-order valence-corrected chi connectivity index (χ4v) is 5.76. The molecule has 2 N–H and O–H groups in total. The molecule has 3 aromatic carbocycles. The summed E-state index contributed by atoms with van der Waals surface area (Å²) in [6.07, 6.45) is 3.61. The van der Waals surface area contributed by atoms with Gasteiger partial charge in [0.1, 0.15) is 0 Å². The van der Waals surface area contributed by atoms with Crippen molar-refractivity contribution in [3.05, 3.63) is 106 Å². The van der Waals surface area contributed by atoms with Gasteiger partial charge in [-0.15, -0.1) is 9.24 Å². The van der Waals surface area contributed by atoms with Crippen LogP contribution in [0, 0.1) is 5.92 Å². The smallest absolute Gasteiger partial charge is 0.321 e. The van der Waals surface area contributed by atoms with Gasteiger partial charge in [0.15, 0.2) is 5.60 Å². The largest absolute Gasteiger partial charge is 0.443 e. The van der Waals surface area contributed by atoms with Crippen molar-refractivity contribution in [2.45, 2.75) is 36.9 Å². The van der Waals surface area contributed by atoms with E-state index in [0.717, 1.165) is 17.5 Å². The third-order valence-electron chi connectivity index (χ3n) is 6.80. The summed E-state index contributed by atoms with van der Waals surface area (Å²) >= 11 is 6.69. The van der Waals surface area contributed by atoms with Gasteiger partial charge in [0.25, 0.3) is 0 Å². The predicted octanol–water partition coefficient (Wildman–Crippen LogP) is 6.02. The quantitative estimate of drug-likeness (QED) is 0.275. The molecular weight excluding hydrogens is 437 g/mol. The lowest BCUT2D eigenvalue weighted by Gasteiger charge is -2.36. The van der Waals surface area contributed by atoms with Crippen molar-refractivity contribution >= 4 is 26.8 Å². The van der Waals surface area contributed by atoms with E-state index in [9.17, 15) is 4.79 Å². The van der Waals surface area contributed by atoms with Gasteiger partial charge in [-0.1, -0.05) is 97.7 Å². The molecule has 1 aliphatic rings. The van der Waals surface area contributed by atoms with Gasteiger partial charge in [0.05, 0.1) is 6.54 Å². The number of esters is 1. The van der Waals surface area contributed by atoms with Crippen molar-refractivity contribution < 1.29 is 9.53 Å². The average Bonchev–Trinajstić information content (AvgIpc) is 3.17. The van der Waals surface area contributed by atoms with Crippen LogP contribution >= 0.6 is 20.8 Å². The molecule has 5 heteroatoms. The Morgan fingerprint density at radius 2 is 1.69 bits per heavy atom. The first-order valence-corrected chi connectivity index (χ1v) is 12.0. The number of nitrogens with two attached hydrogens (primary N) is 1. The fraction of sp³-hybridized carbons (Fsp3) is 0.296. The zero-order chi connectivity index (χ0) is 22.8. The van der Waals surface area contributed by atoms with E-state index in [-0.39, 0.29) is 11.7 Å². The van der Waals surface area contributed by atoms with Crippen LogP contribution < -0.4 is 5.73 Å². The molecule has 1 aliphatic carbocycles. The Kier molecular flexibility index (Phi) is 6.72. The average molecular weight is 466 g/mol. The van der Waals surface area contributed by atoms with Crippen LogP contribution in [0.5, 0.6) is 0 Å². The second-order valence-corrected chi connectivity index (χ2v) is 10.1. The van der Waals surface area contributed by atoms with Gasteiger partial charge in [0, 0.05) is 26.9 Å². The SMILES string of the molecule is CC1CCCC1(P)c1ccc(C(OC(=O)CN)(c2ccccc2)c2ccccc2Cl)cc1. The molecule has 0 heterocycles. The van der Waals surface area contributed by atoms with Crippen LogP contribution in [0.25, 0.3) is 0 Å². The molecule has 0 saturated heterocycles. The van der Waals surface area contributed by atoms with Crippen LogP contribution in [0.3, 0.4) is 0 Å². The standard InChI is InChI=1S/C27H29ClNO2P/c1-19-8-7-17-26(19,32)20-13-15-22(16-14-20)27(31-25(30)18-29,21-9-3-2-4-10-21)23-11-5-6-12-24(23)28/h2-6,9-16,19H,7-8,17-18,29,32H2,1H3. The summed E-state index contributed by atoms with van der Waals surface area (Å²) in [6.45, 7) is 2.10. The molecule has 3 nitrogen and oxygen atoms in total. The lowest BCUT2D eigenvalue weighted by molar-refractivity contribution is -0.151. The lowest BCUT2D eigenvalue weighted by atomic mass is 9.78. The van der Waals surface area contributed by atoms with Crippen molar-refractivity contribution in [1.29, 1.82) is 0 Å². The van der Waals surface area contributed by atoms with Crippen LogP contribution in [-0.4, -0.2) is 12.5 Å². The van der Waals surface area contributed by atoms with Gasteiger partial charge in [-0.05, 0) is 30.4 Å². The highest BCUT2D eigenvalue weighted by Gasteiger charge is 2.43. The molecule has 0 radical (unpaired) electrons. The molecule has 3 aromatic rings. The normalized spacial score (nSPS) is 22.3. The summed E-state index contributed by atoms with van der Waals surface area (Å²) in [7, 11) is 3.10. The van der Waals surface area contributed by atoms with Crippen molar-refractivity contribution in [3.63, 3.8) is 0 Å². The number of ether oxygens (including phenoxy) is 1. The Bertz CT molecular complexity index is 1090. The number of rotatable bonds is 6. The predicted molar refractivity (Wildman–Crippen MR) is 134 cm³/mol. The molecule has 4 unspecified atom stereocenters. The van der Waals surface area contributed by atoms with E-state index >= 15 is 0 Å². The molecule has 32 heavy (non-hydrogen) atoms. The summed E-state index contributed by atoms with van der Waals surface area (Å²) in [5, 5.41) is 0.601. The molecule has 0 aliphatic heterocycles. The monoisotopic (exact) mass is 465 g/mol. The second kappa shape index (κ2) is 9.35. The Morgan fingerprint density at radius 1 is 1.06 bits per heavy atom.